The Balaban J connectivity index is 1.78. The van der Waals surface area contributed by atoms with Crippen molar-refractivity contribution in [2.75, 3.05) is 26.5 Å². The zero-order chi connectivity index (χ0) is 19.0. The van der Waals surface area contributed by atoms with Gasteiger partial charge in [-0.25, -0.2) is 13.1 Å². The number of sulfonamides is 1. The molecule has 0 bridgehead atoms. The van der Waals surface area contributed by atoms with Crippen LogP contribution in [-0.4, -0.2) is 40.8 Å². The molecule has 0 aliphatic heterocycles. The van der Waals surface area contributed by atoms with Crippen LogP contribution in [0.4, 0.5) is 0 Å². The summed E-state index contributed by atoms with van der Waals surface area (Å²) in [5.74, 6) is 0.684. The molecule has 2 aromatic carbocycles. The van der Waals surface area contributed by atoms with Crippen molar-refractivity contribution in [3.05, 3.63) is 65.2 Å². The number of nitrogens with one attached hydrogen (secondary N) is 2. The van der Waals surface area contributed by atoms with E-state index >= 15 is 0 Å². The first-order chi connectivity index (χ1) is 12.4. The van der Waals surface area contributed by atoms with Gasteiger partial charge < -0.3 is 10.1 Å². The smallest absolute Gasteiger partial charge is 0.251 e. The molecule has 0 aromatic heterocycles. The number of methoxy groups -OCH3 is 1. The van der Waals surface area contributed by atoms with Crippen molar-refractivity contribution in [2.24, 2.45) is 0 Å². The van der Waals surface area contributed by atoms with Crippen molar-refractivity contribution in [2.45, 2.75) is 12.8 Å². The molecule has 6 nitrogen and oxygen atoms in total. The number of ether oxygens (including phenoxy) is 1. The number of hydrogen-bond acceptors (Lipinski definition) is 4. The van der Waals surface area contributed by atoms with E-state index in [2.05, 4.69) is 10.0 Å². The molecule has 2 aromatic rings. The minimum atomic E-state index is -3.17. The third-order valence-electron chi connectivity index (χ3n) is 3.85. The monoisotopic (exact) mass is 376 g/mol. The average Bonchev–Trinajstić information content (AvgIpc) is 2.62. The summed E-state index contributed by atoms with van der Waals surface area (Å²) in [6.45, 7) is 0.886. The highest BCUT2D eigenvalue weighted by Gasteiger charge is 2.06. The Labute approximate surface area is 154 Å². The number of rotatable bonds is 9. The first-order valence-electron chi connectivity index (χ1n) is 8.32. The summed E-state index contributed by atoms with van der Waals surface area (Å²) in [5, 5.41) is 2.90. The van der Waals surface area contributed by atoms with E-state index in [1.165, 1.54) is 0 Å². The van der Waals surface area contributed by atoms with E-state index in [4.69, 9.17) is 4.74 Å². The highest BCUT2D eigenvalue weighted by Crippen LogP contribution is 2.11. The van der Waals surface area contributed by atoms with Crippen molar-refractivity contribution in [1.82, 2.24) is 10.0 Å². The zero-order valence-electron chi connectivity index (χ0n) is 15.0. The Morgan fingerprint density at radius 3 is 2.00 bits per heavy atom. The predicted molar refractivity (Wildman–Crippen MR) is 102 cm³/mol. The van der Waals surface area contributed by atoms with E-state index in [0.29, 0.717) is 25.1 Å². The van der Waals surface area contributed by atoms with Gasteiger partial charge in [0.25, 0.3) is 5.91 Å². The molecule has 7 heteroatoms. The SMILES string of the molecule is COc1ccc(CCNC(=O)c2ccc(CCNS(C)(=O)=O)cc2)cc1. The zero-order valence-corrected chi connectivity index (χ0v) is 15.8. The molecule has 0 atom stereocenters. The van der Waals surface area contributed by atoms with E-state index < -0.39 is 10.0 Å². The maximum atomic E-state index is 12.2. The molecule has 0 radical (unpaired) electrons. The second-order valence-electron chi connectivity index (χ2n) is 5.97. The van der Waals surface area contributed by atoms with Crippen LogP contribution >= 0.6 is 0 Å². The Kier molecular flexibility index (Phi) is 7.17. The van der Waals surface area contributed by atoms with Gasteiger partial charge in [0.15, 0.2) is 0 Å². The van der Waals surface area contributed by atoms with E-state index in [9.17, 15) is 13.2 Å². The number of amides is 1. The van der Waals surface area contributed by atoms with Crippen LogP contribution in [-0.2, 0) is 22.9 Å². The van der Waals surface area contributed by atoms with Crippen molar-refractivity contribution in [3.63, 3.8) is 0 Å². The summed E-state index contributed by atoms with van der Waals surface area (Å²) in [6, 6.07) is 14.9. The Morgan fingerprint density at radius 2 is 1.46 bits per heavy atom. The molecule has 0 unspecified atom stereocenters. The molecule has 0 aliphatic carbocycles. The summed E-state index contributed by atoms with van der Waals surface area (Å²) in [6.07, 6.45) is 2.45. The number of carbonyl (C=O) groups is 1. The summed E-state index contributed by atoms with van der Waals surface area (Å²) < 4.78 is 29.6. The van der Waals surface area contributed by atoms with Crippen LogP contribution in [0.25, 0.3) is 0 Å². The van der Waals surface area contributed by atoms with Gasteiger partial charge in [-0.1, -0.05) is 24.3 Å². The summed E-state index contributed by atoms with van der Waals surface area (Å²) in [5.41, 5.74) is 2.68. The van der Waals surface area contributed by atoms with Crippen LogP contribution in [0.1, 0.15) is 21.5 Å². The Bertz CT molecular complexity index is 816. The van der Waals surface area contributed by atoms with Gasteiger partial charge >= 0.3 is 0 Å². The minimum Gasteiger partial charge on any atom is -0.497 e. The molecule has 0 saturated carbocycles. The largest absolute Gasteiger partial charge is 0.497 e. The number of benzene rings is 2. The van der Waals surface area contributed by atoms with E-state index in [0.717, 1.165) is 29.6 Å². The molecular weight excluding hydrogens is 352 g/mol. The van der Waals surface area contributed by atoms with Crippen molar-refractivity contribution in [3.8, 4) is 5.75 Å². The van der Waals surface area contributed by atoms with Crippen LogP contribution in [0.5, 0.6) is 5.75 Å². The first kappa shape index (κ1) is 19.9. The second-order valence-corrected chi connectivity index (χ2v) is 7.80. The normalized spacial score (nSPS) is 11.2. The van der Waals surface area contributed by atoms with Gasteiger partial charge in [0, 0.05) is 18.7 Å². The third kappa shape index (κ3) is 6.85. The van der Waals surface area contributed by atoms with Gasteiger partial charge in [-0.3, -0.25) is 4.79 Å². The quantitative estimate of drug-likeness (QED) is 0.698. The standard InChI is InChI=1S/C19H24N2O4S/c1-25-18-9-5-16(6-10-18)11-13-20-19(22)17-7-3-15(4-8-17)12-14-21-26(2,23)24/h3-10,21H,11-14H2,1-2H3,(H,20,22). The summed E-state index contributed by atoms with van der Waals surface area (Å²) in [4.78, 5) is 12.2. The molecule has 0 spiro atoms. The lowest BCUT2D eigenvalue weighted by Crippen LogP contribution is -2.26. The topological polar surface area (TPSA) is 84.5 Å². The second kappa shape index (κ2) is 9.35. The highest BCUT2D eigenvalue weighted by atomic mass is 32.2. The van der Waals surface area contributed by atoms with Crippen LogP contribution < -0.4 is 14.8 Å². The molecule has 140 valence electrons. The fourth-order valence-electron chi connectivity index (χ4n) is 2.42. The number of carbonyl (C=O) groups excluding carboxylic acids is 1. The molecule has 0 aliphatic rings. The fraction of sp³-hybridized carbons (Fsp3) is 0.316. The van der Waals surface area contributed by atoms with Crippen LogP contribution in [0.3, 0.4) is 0 Å². The van der Waals surface area contributed by atoms with E-state index in [1.54, 1.807) is 19.2 Å². The molecule has 0 saturated heterocycles. The molecule has 1 amide bonds. The van der Waals surface area contributed by atoms with Gasteiger partial charge in [0.2, 0.25) is 10.0 Å². The van der Waals surface area contributed by atoms with Crippen LogP contribution in [0.15, 0.2) is 48.5 Å². The average molecular weight is 376 g/mol. The molecule has 2 rings (SSSR count). The summed E-state index contributed by atoms with van der Waals surface area (Å²) >= 11 is 0. The van der Waals surface area contributed by atoms with E-state index in [1.807, 2.05) is 36.4 Å². The first-order valence-corrected chi connectivity index (χ1v) is 10.2. The molecule has 0 fully saturated rings. The summed E-state index contributed by atoms with van der Waals surface area (Å²) in [7, 11) is -1.55. The predicted octanol–water partition coefficient (Wildman–Crippen LogP) is 1.76. The molecular formula is C19H24N2O4S. The molecule has 26 heavy (non-hydrogen) atoms. The fourth-order valence-corrected chi connectivity index (χ4v) is 2.89. The van der Waals surface area contributed by atoms with Gasteiger partial charge in [-0.2, -0.15) is 0 Å². The lowest BCUT2D eigenvalue weighted by Gasteiger charge is -2.07. The van der Waals surface area contributed by atoms with Gasteiger partial charge in [-0.05, 0) is 48.2 Å². The maximum Gasteiger partial charge on any atom is 0.251 e. The van der Waals surface area contributed by atoms with Crippen molar-refractivity contribution >= 4 is 15.9 Å². The Hall–Kier alpha value is -2.38. The molecule has 0 heterocycles. The third-order valence-corrected chi connectivity index (χ3v) is 4.58. The lowest BCUT2D eigenvalue weighted by atomic mass is 10.1. The minimum absolute atomic E-state index is 0.126. The van der Waals surface area contributed by atoms with Gasteiger partial charge in [0.1, 0.15) is 5.75 Å². The van der Waals surface area contributed by atoms with Crippen molar-refractivity contribution < 1.29 is 17.9 Å². The van der Waals surface area contributed by atoms with Crippen LogP contribution in [0.2, 0.25) is 0 Å². The van der Waals surface area contributed by atoms with Gasteiger partial charge in [0.05, 0.1) is 13.4 Å². The Morgan fingerprint density at radius 1 is 0.923 bits per heavy atom. The van der Waals surface area contributed by atoms with Crippen LogP contribution in [0, 0.1) is 0 Å². The van der Waals surface area contributed by atoms with Gasteiger partial charge in [-0.15, -0.1) is 0 Å². The lowest BCUT2D eigenvalue weighted by molar-refractivity contribution is 0.0954. The van der Waals surface area contributed by atoms with E-state index in [-0.39, 0.29) is 5.91 Å². The maximum absolute atomic E-state index is 12.2. The van der Waals surface area contributed by atoms with Crippen molar-refractivity contribution in [1.29, 1.82) is 0 Å². The molecule has 2 N–H and O–H groups in total. The number of hydrogen-bond donors (Lipinski definition) is 2. The highest BCUT2D eigenvalue weighted by molar-refractivity contribution is 7.88.